The summed E-state index contributed by atoms with van der Waals surface area (Å²) >= 11 is 0. The Bertz CT molecular complexity index is 433. The summed E-state index contributed by atoms with van der Waals surface area (Å²) in [6, 6.07) is 7.18. The Morgan fingerprint density at radius 2 is 2.24 bits per heavy atom. The van der Waals surface area contributed by atoms with Crippen LogP contribution in [0.15, 0.2) is 24.3 Å². The maximum Gasteiger partial charge on any atom is 0.252 e. The summed E-state index contributed by atoms with van der Waals surface area (Å²) in [5.74, 6) is 5.47. The molecular weight excluding hydrogens is 216 g/mol. The lowest BCUT2D eigenvalue weighted by Crippen LogP contribution is -2.27. The van der Waals surface area contributed by atoms with Gasteiger partial charge in [-0.1, -0.05) is 24.0 Å². The molecule has 0 saturated carbocycles. The molecule has 0 aliphatic rings. The number of rotatable bonds is 4. The molecule has 90 valence electrons. The van der Waals surface area contributed by atoms with E-state index in [1.807, 2.05) is 6.07 Å². The Labute approximate surface area is 101 Å². The minimum absolute atomic E-state index is 0.149. The number of ether oxygens (including phenoxy) is 1. The summed E-state index contributed by atoms with van der Waals surface area (Å²) in [6.07, 6.45) is 0. The molecule has 1 aromatic carbocycles. The van der Waals surface area contributed by atoms with Gasteiger partial charge in [0.2, 0.25) is 0 Å². The SMILES string of the molecule is COCCNC(=O)c1ccccc1C#CCN. The van der Waals surface area contributed by atoms with E-state index in [-0.39, 0.29) is 12.5 Å². The van der Waals surface area contributed by atoms with Gasteiger partial charge in [-0.15, -0.1) is 0 Å². The summed E-state index contributed by atoms with van der Waals surface area (Å²) < 4.78 is 4.86. The predicted molar refractivity (Wildman–Crippen MR) is 66.6 cm³/mol. The van der Waals surface area contributed by atoms with E-state index in [0.29, 0.717) is 24.3 Å². The number of methoxy groups -OCH3 is 1. The van der Waals surface area contributed by atoms with Gasteiger partial charge in [0.05, 0.1) is 18.7 Å². The van der Waals surface area contributed by atoms with E-state index in [9.17, 15) is 4.79 Å². The molecule has 0 fully saturated rings. The number of amides is 1. The van der Waals surface area contributed by atoms with Crippen molar-refractivity contribution < 1.29 is 9.53 Å². The second kappa shape index (κ2) is 7.44. The zero-order chi connectivity index (χ0) is 12.5. The maximum atomic E-state index is 11.8. The largest absolute Gasteiger partial charge is 0.383 e. The van der Waals surface area contributed by atoms with E-state index >= 15 is 0 Å². The zero-order valence-corrected chi connectivity index (χ0v) is 9.82. The van der Waals surface area contributed by atoms with Gasteiger partial charge in [-0.2, -0.15) is 0 Å². The van der Waals surface area contributed by atoms with Gasteiger partial charge in [-0.05, 0) is 12.1 Å². The normalized spacial score (nSPS) is 9.29. The maximum absolute atomic E-state index is 11.8. The predicted octanol–water partition coefficient (Wildman–Crippen LogP) is 0.373. The van der Waals surface area contributed by atoms with Gasteiger partial charge in [0.25, 0.3) is 5.91 Å². The van der Waals surface area contributed by atoms with E-state index in [1.54, 1.807) is 25.3 Å². The number of carbonyl (C=O) groups excluding carboxylic acids is 1. The van der Waals surface area contributed by atoms with E-state index in [4.69, 9.17) is 10.5 Å². The first-order valence-electron chi connectivity index (χ1n) is 5.34. The molecule has 1 rings (SSSR count). The minimum Gasteiger partial charge on any atom is -0.383 e. The minimum atomic E-state index is -0.149. The highest BCUT2D eigenvalue weighted by atomic mass is 16.5. The Kier molecular flexibility index (Phi) is 5.80. The lowest BCUT2D eigenvalue weighted by atomic mass is 10.1. The highest BCUT2D eigenvalue weighted by molar-refractivity contribution is 5.96. The van der Waals surface area contributed by atoms with Gasteiger partial charge >= 0.3 is 0 Å². The Morgan fingerprint density at radius 3 is 2.94 bits per heavy atom. The van der Waals surface area contributed by atoms with Crippen LogP contribution in [0.3, 0.4) is 0 Å². The monoisotopic (exact) mass is 232 g/mol. The van der Waals surface area contributed by atoms with Gasteiger partial charge in [0, 0.05) is 19.2 Å². The summed E-state index contributed by atoms with van der Waals surface area (Å²) in [5.41, 5.74) is 6.56. The van der Waals surface area contributed by atoms with Crippen molar-refractivity contribution in [2.75, 3.05) is 26.8 Å². The van der Waals surface area contributed by atoms with Crippen molar-refractivity contribution in [3.05, 3.63) is 35.4 Å². The number of benzene rings is 1. The second-order valence-electron chi connectivity index (χ2n) is 3.30. The van der Waals surface area contributed by atoms with Crippen LogP contribution in [0.1, 0.15) is 15.9 Å². The number of nitrogens with one attached hydrogen (secondary N) is 1. The second-order valence-corrected chi connectivity index (χ2v) is 3.30. The first-order valence-corrected chi connectivity index (χ1v) is 5.34. The molecule has 1 aromatic rings. The fourth-order valence-electron chi connectivity index (χ4n) is 1.30. The topological polar surface area (TPSA) is 64.3 Å². The number of hydrogen-bond donors (Lipinski definition) is 2. The van der Waals surface area contributed by atoms with Crippen LogP contribution in [0.25, 0.3) is 0 Å². The summed E-state index contributed by atoms with van der Waals surface area (Å²) in [4.78, 5) is 11.8. The average molecular weight is 232 g/mol. The van der Waals surface area contributed by atoms with Crippen molar-refractivity contribution >= 4 is 5.91 Å². The van der Waals surface area contributed by atoms with Crippen LogP contribution >= 0.6 is 0 Å². The van der Waals surface area contributed by atoms with Crippen LogP contribution in [0.4, 0.5) is 0 Å². The standard InChI is InChI=1S/C13H16N2O2/c1-17-10-9-15-13(16)12-7-3-2-5-11(12)6-4-8-14/h2-3,5,7H,8-10,14H2,1H3,(H,15,16). The van der Waals surface area contributed by atoms with Crippen LogP contribution in [0, 0.1) is 11.8 Å². The number of nitrogens with two attached hydrogens (primary N) is 1. The van der Waals surface area contributed by atoms with Crippen molar-refractivity contribution in [1.82, 2.24) is 5.32 Å². The van der Waals surface area contributed by atoms with E-state index in [1.165, 1.54) is 0 Å². The molecule has 0 radical (unpaired) electrons. The van der Waals surface area contributed by atoms with Gasteiger partial charge in [-0.25, -0.2) is 0 Å². The smallest absolute Gasteiger partial charge is 0.252 e. The lowest BCUT2D eigenvalue weighted by Gasteiger charge is -2.06. The quantitative estimate of drug-likeness (QED) is 0.582. The Morgan fingerprint density at radius 1 is 1.47 bits per heavy atom. The molecule has 17 heavy (non-hydrogen) atoms. The average Bonchev–Trinajstić information content (AvgIpc) is 2.37. The lowest BCUT2D eigenvalue weighted by molar-refractivity contribution is 0.0937. The molecule has 0 aromatic heterocycles. The van der Waals surface area contributed by atoms with Crippen molar-refractivity contribution in [2.45, 2.75) is 0 Å². The highest BCUT2D eigenvalue weighted by Crippen LogP contribution is 2.06. The van der Waals surface area contributed by atoms with Crippen LogP contribution < -0.4 is 11.1 Å². The van der Waals surface area contributed by atoms with Crippen molar-refractivity contribution in [3.63, 3.8) is 0 Å². The molecule has 0 unspecified atom stereocenters. The number of hydrogen-bond acceptors (Lipinski definition) is 3. The summed E-state index contributed by atoms with van der Waals surface area (Å²) in [7, 11) is 1.59. The summed E-state index contributed by atoms with van der Waals surface area (Å²) in [6.45, 7) is 1.25. The molecule has 0 atom stereocenters. The van der Waals surface area contributed by atoms with Gasteiger partial charge in [-0.3, -0.25) is 4.79 Å². The summed E-state index contributed by atoms with van der Waals surface area (Å²) in [5, 5.41) is 2.75. The fraction of sp³-hybridized carbons (Fsp3) is 0.308. The Hall–Kier alpha value is -1.83. The van der Waals surface area contributed by atoms with Crippen molar-refractivity contribution in [3.8, 4) is 11.8 Å². The van der Waals surface area contributed by atoms with Gasteiger partial charge < -0.3 is 15.8 Å². The van der Waals surface area contributed by atoms with Crippen molar-refractivity contribution in [1.29, 1.82) is 0 Å². The Balaban J connectivity index is 2.78. The van der Waals surface area contributed by atoms with Gasteiger partial charge in [0.15, 0.2) is 0 Å². The number of carbonyl (C=O) groups is 1. The molecule has 4 nitrogen and oxygen atoms in total. The zero-order valence-electron chi connectivity index (χ0n) is 9.82. The van der Waals surface area contributed by atoms with Crippen LogP contribution in [-0.4, -0.2) is 32.7 Å². The molecule has 1 amide bonds. The fourth-order valence-corrected chi connectivity index (χ4v) is 1.30. The molecule has 0 aliphatic carbocycles. The van der Waals surface area contributed by atoms with E-state index in [0.717, 1.165) is 0 Å². The first kappa shape index (κ1) is 13.2. The molecule has 0 saturated heterocycles. The molecule has 3 N–H and O–H groups in total. The first-order chi connectivity index (χ1) is 8.29. The van der Waals surface area contributed by atoms with Crippen molar-refractivity contribution in [2.24, 2.45) is 5.73 Å². The highest BCUT2D eigenvalue weighted by Gasteiger charge is 2.08. The molecule has 0 bridgehead atoms. The third-order valence-corrected chi connectivity index (χ3v) is 2.09. The van der Waals surface area contributed by atoms with Gasteiger partial charge in [0.1, 0.15) is 0 Å². The van der Waals surface area contributed by atoms with E-state index < -0.39 is 0 Å². The van der Waals surface area contributed by atoms with Crippen LogP contribution in [0.5, 0.6) is 0 Å². The van der Waals surface area contributed by atoms with Crippen LogP contribution in [0.2, 0.25) is 0 Å². The molecular formula is C13H16N2O2. The third kappa shape index (κ3) is 4.27. The molecule has 0 heterocycles. The molecule has 0 spiro atoms. The third-order valence-electron chi connectivity index (χ3n) is 2.09. The molecule has 0 aliphatic heterocycles. The van der Waals surface area contributed by atoms with E-state index in [2.05, 4.69) is 17.2 Å². The molecule has 4 heteroatoms. The van der Waals surface area contributed by atoms with Crippen LogP contribution in [-0.2, 0) is 4.74 Å².